The molecule has 0 amide bonds. The van der Waals surface area contributed by atoms with Gasteiger partial charge in [-0.1, -0.05) is 0 Å². The third-order valence-electron chi connectivity index (χ3n) is 1.64. The Morgan fingerprint density at radius 1 is 1.42 bits per heavy atom. The highest BCUT2D eigenvalue weighted by Crippen LogP contribution is 2.21. The first-order chi connectivity index (χ1) is 5.64. The largest absolute Gasteiger partial charge is 0.394 e. The molecule has 0 aromatic carbocycles. The number of hydrogen-bond acceptors (Lipinski definition) is 2. The molecule has 0 atom stereocenters. The van der Waals surface area contributed by atoms with E-state index in [-0.39, 0.29) is 12.1 Å². The Balaban J connectivity index is 2.37. The zero-order valence-corrected chi connectivity index (χ0v) is 7.49. The molecule has 0 aromatic heterocycles. The maximum Gasteiger partial charge on any atom is 0.0778 e. The van der Waals surface area contributed by atoms with Gasteiger partial charge in [0.2, 0.25) is 0 Å². The lowest BCUT2D eigenvalue weighted by atomic mass is 10.1. The highest BCUT2D eigenvalue weighted by atomic mass is 16.3. The monoisotopic (exact) mass is 164 g/mol. The van der Waals surface area contributed by atoms with Crippen LogP contribution in [0, 0.1) is 31.6 Å². The topological polar surface area (TPSA) is 32.6 Å². The highest BCUT2D eigenvalue weighted by Gasteiger charge is 2.17. The predicted octanol–water partition coefficient (Wildman–Crippen LogP) is 1.23. The molecule has 1 fully saturated rings. The van der Waals surface area contributed by atoms with Crippen molar-refractivity contribution >= 4 is 6.21 Å². The van der Waals surface area contributed by atoms with Gasteiger partial charge in [-0.15, -0.1) is 0 Å². The van der Waals surface area contributed by atoms with Crippen molar-refractivity contribution in [2.45, 2.75) is 19.4 Å². The zero-order chi connectivity index (χ0) is 9.03. The molecule has 0 unspecified atom stereocenters. The van der Waals surface area contributed by atoms with Gasteiger partial charge in [0.25, 0.3) is 0 Å². The van der Waals surface area contributed by atoms with E-state index in [1.54, 1.807) is 6.21 Å². The van der Waals surface area contributed by atoms with Crippen LogP contribution in [0.15, 0.2) is 4.99 Å². The van der Waals surface area contributed by atoms with E-state index >= 15 is 0 Å². The van der Waals surface area contributed by atoms with Gasteiger partial charge in [0, 0.05) is 12.1 Å². The fraction of sp³-hybridized carbons (Fsp3) is 0.400. The molecule has 1 saturated carbocycles. The first-order valence-corrected chi connectivity index (χ1v) is 4.02. The molecule has 0 spiro atoms. The summed E-state index contributed by atoms with van der Waals surface area (Å²) in [5.74, 6) is 1.08. The first-order valence-electron chi connectivity index (χ1n) is 4.02. The second kappa shape index (κ2) is 4.04. The molecule has 0 saturated heterocycles. The number of aliphatic hydroxyl groups excluding tert-OH is 1. The predicted molar refractivity (Wildman–Crippen MR) is 50.1 cm³/mol. The van der Waals surface area contributed by atoms with Crippen LogP contribution in [0.25, 0.3) is 0 Å². The van der Waals surface area contributed by atoms with E-state index in [4.69, 9.17) is 5.11 Å². The van der Waals surface area contributed by atoms with Gasteiger partial charge in [0.1, 0.15) is 0 Å². The molecule has 0 bridgehead atoms. The van der Waals surface area contributed by atoms with E-state index in [0.717, 1.165) is 5.92 Å². The molecule has 1 N–H and O–H groups in total. The number of rotatable bonds is 3. The van der Waals surface area contributed by atoms with Crippen molar-refractivity contribution in [3.8, 4) is 0 Å². The van der Waals surface area contributed by atoms with Crippen LogP contribution in [-0.4, -0.2) is 23.5 Å². The number of aliphatic hydroxyl groups is 1. The minimum Gasteiger partial charge on any atom is -0.394 e. The Morgan fingerprint density at radius 2 is 2.00 bits per heavy atom. The van der Waals surface area contributed by atoms with Crippen LogP contribution < -0.4 is 0 Å². The molecule has 1 aliphatic rings. The Morgan fingerprint density at radius 3 is 2.50 bits per heavy atom. The summed E-state index contributed by atoms with van der Waals surface area (Å²) in [7, 11) is 0. The van der Waals surface area contributed by atoms with Crippen molar-refractivity contribution < 1.29 is 5.11 Å². The van der Waals surface area contributed by atoms with E-state index < -0.39 is 0 Å². The van der Waals surface area contributed by atoms with Crippen LogP contribution in [-0.2, 0) is 0 Å². The molecule has 1 aliphatic carbocycles. The fourth-order valence-electron chi connectivity index (χ4n) is 0.765. The minimum absolute atomic E-state index is 0.0736. The molecule has 65 valence electrons. The first kappa shape index (κ1) is 9.72. The number of nitrogens with zero attached hydrogens (tertiary/aromatic N) is 1. The van der Waals surface area contributed by atoms with Crippen LogP contribution in [0.3, 0.4) is 0 Å². The van der Waals surface area contributed by atoms with Gasteiger partial charge in [0.05, 0.1) is 12.1 Å². The van der Waals surface area contributed by atoms with Crippen LogP contribution >= 0.6 is 0 Å². The Hall–Kier alpha value is -0.370. The van der Waals surface area contributed by atoms with Crippen LogP contribution in [0.2, 0.25) is 0 Å². The quantitative estimate of drug-likeness (QED) is 0.625. The van der Waals surface area contributed by atoms with E-state index in [1.807, 2.05) is 39.5 Å². The number of aliphatic imine (C=N–C) groups is 1. The van der Waals surface area contributed by atoms with Gasteiger partial charge in [-0.2, -0.15) is 0 Å². The summed E-state index contributed by atoms with van der Waals surface area (Å²) in [5, 5.41) is 8.91. The standard InChI is InChI=1S/C10H14NO/c1-10(2,8-12)11-7-9-5-3-4-6-9/h3-7,12H,8H2,1-2H3. The molecule has 2 heteroatoms. The van der Waals surface area contributed by atoms with Crippen molar-refractivity contribution in [1.82, 2.24) is 0 Å². The van der Waals surface area contributed by atoms with E-state index in [1.165, 1.54) is 0 Å². The van der Waals surface area contributed by atoms with Crippen LogP contribution in [0.5, 0.6) is 0 Å². The molecule has 2 nitrogen and oxygen atoms in total. The number of hydrogen-bond donors (Lipinski definition) is 1. The molecule has 1 rings (SSSR count). The van der Waals surface area contributed by atoms with E-state index in [9.17, 15) is 0 Å². The lowest BCUT2D eigenvalue weighted by Crippen LogP contribution is -2.22. The summed E-state index contributed by atoms with van der Waals surface area (Å²) in [5.41, 5.74) is -0.364. The van der Waals surface area contributed by atoms with Crippen LogP contribution in [0.4, 0.5) is 0 Å². The maximum atomic E-state index is 8.91. The molecule has 0 aliphatic heterocycles. The van der Waals surface area contributed by atoms with Gasteiger partial charge in [0.15, 0.2) is 0 Å². The molecule has 5 radical (unpaired) electrons. The third kappa shape index (κ3) is 2.94. The Bertz CT molecular complexity index is 157. The molecule has 0 aromatic rings. The summed E-state index contributed by atoms with van der Waals surface area (Å²) < 4.78 is 0. The van der Waals surface area contributed by atoms with Gasteiger partial charge >= 0.3 is 0 Å². The van der Waals surface area contributed by atoms with Crippen molar-refractivity contribution in [3.05, 3.63) is 31.6 Å². The van der Waals surface area contributed by atoms with Gasteiger partial charge in [-0.25, -0.2) is 0 Å². The maximum absolute atomic E-state index is 8.91. The zero-order valence-electron chi connectivity index (χ0n) is 7.49. The Labute approximate surface area is 74.7 Å². The van der Waals surface area contributed by atoms with Crippen molar-refractivity contribution in [1.29, 1.82) is 0 Å². The summed E-state index contributed by atoms with van der Waals surface area (Å²) in [6.07, 6.45) is 9.69. The smallest absolute Gasteiger partial charge is 0.0778 e. The van der Waals surface area contributed by atoms with Crippen molar-refractivity contribution in [2.24, 2.45) is 4.99 Å². The van der Waals surface area contributed by atoms with Crippen molar-refractivity contribution in [3.63, 3.8) is 0 Å². The fourth-order valence-corrected chi connectivity index (χ4v) is 0.765. The minimum atomic E-state index is -0.364. The molecule has 12 heavy (non-hydrogen) atoms. The average Bonchev–Trinajstić information content (AvgIpc) is 2.53. The average molecular weight is 164 g/mol. The van der Waals surface area contributed by atoms with Gasteiger partial charge < -0.3 is 5.11 Å². The van der Waals surface area contributed by atoms with Gasteiger partial charge in [-0.3, -0.25) is 4.99 Å². The second-order valence-electron chi connectivity index (χ2n) is 3.45. The Kier molecular flexibility index (Phi) is 3.27. The summed E-state index contributed by atoms with van der Waals surface area (Å²) in [4.78, 5) is 4.24. The summed E-state index contributed by atoms with van der Waals surface area (Å²) in [6, 6.07) is 0. The third-order valence-corrected chi connectivity index (χ3v) is 1.64. The molecule has 0 heterocycles. The van der Waals surface area contributed by atoms with E-state index in [2.05, 4.69) is 4.99 Å². The lowest BCUT2D eigenvalue weighted by Gasteiger charge is -2.15. The normalized spacial score (nSPS) is 20.9. The van der Waals surface area contributed by atoms with E-state index in [0.29, 0.717) is 0 Å². The summed E-state index contributed by atoms with van der Waals surface area (Å²) in [6.45, 7) is 3.86. The highest BCUT2D eigenvalue weighted by molar-refractivity contribution is 5.83. The van der Waals surface area contributed by atoms with Crippen LogP contribution in [0.1, 0.15) is 13.8 Å². The summed E-state index contributed by atoms with van der Waals surface area (Å²) >= 11 is 0. The molecular formula is C10H14NO. The van der Waals surface area contributed by atoms with Gasteiger partial charge in [-0.05, 0) is 39.5 Å². The lowest BCUT2D eigenvalue weighted by molar-refractivity contribution is 0.223. The molecular weight excluding hydrogens is 150 g/mol. The SMILES string of the molecule is CC(C)(CO)N=C[C]1[CH][CH][CH][CH]1. The second-order valence-corrected chi connectivity index (χ2v) is 3.45. The van der Waals surface area contributed by atoms with Crippen molar-refractivity contribution in [2.75, 3.05) is 6.61 Å².